The van der Waals surface area contributed by atoms with Crippen LogP contribution in [0.3, 0.4) is 0 Å². The molecular weight excluding hydrogens is 366 g/mol. The Bertz CT molecular complexity index is 1150. The number of carbonyl (C=O) groups is 1. The van der Waals surface area contributed by atoms with Crippen molar-refractivity contribution in [3.05, 3.63) is 102 Å². The molecule has 1 aromatic carbocycles. The molecule has 0 saturated heterocycles. The zero-order valence-corrected chi connectivity index (χ0v) is 15.3. The summed E-state index contributed by atoms with van der Waals surface area (Å²) in [6.45, 7) is 0. The third-order valence-corrected chi connectivity index (χ3v) is 4.18. The monoisotopic (exact) mass is 383 g/mol. The van der Waals surface area contributed by atoms with Gasteiger partial charge in [0.05, 0.1) is 0 Å². The average Bonchev–Trinajstić information content (AvgIpc) is 2.75. The number of para-hydroxylation sites is 1. The summed E-state index contributed by atoms with van der Waals surface area (Å²) >= 11 is 0. The topological polar surface area (TPSA) is 93.8 Å². The van der Waals surface area contributed by atoms with Crippen LogP contribution in [0.2, 0.25) is 0 Å². The molecule has 0 atom stereocenters. The van der Waals surface area contributed by atoms with Crippen molar-refractivity contribution < 1.29 is 9.52 Å². The summed E-state index contributed by atoms with van der Waals surface area (Å²) < 4.78 is 0.580. The van der Waals surface area contributed by atoms with E-state index in [0.29, 0.717) is 16.4 Å². The van der Waals surface area contributed by atoms with Crippen molar-refractivity contribution in [2.24, 2.45) is 0 Å². The molecule has 3 heterocycles. The summed E-state index contributed by atoms with van der Waals surface area (Å²) in [5.41, 5.74) is 3.00. The predicted molar refractivity (Wildman–Crippen MR) is 111 cm³/mol. The van der Waals surface area contributed by atoms with Crippen molar-refractivity contribution >= 4 is 23.2 Å². The van der Waals surface area contributed by atoms with Crippen LogP contribution in [0.4, 0.5) is 17.3 Å². The number of anilines is 3. The van der Waals surface area contributed by atoms with Crippen LogP contribution in [-0.4, -0.2) is 15.9 Å². The third-order valence-electron chi connectivity index (χ3n) is 4.18. The largest absolute Gasteiger partial charge is 0.619 e. The lowest BCUT2D eigenvalue weighted by atomic mass is 10.1. The maximum absolute atomic E-state index is 12.3. The van der Waals surface area contributed by atoms with E-state index in [1.807, 2.05) is 48.5 Å². The minimum Gasteiger partial charge on any atom is -0.619 e. The zero-order chi connectivity index (χ0) is 20.1. The number of aromatic nitrogens is 3. The quantitative estimate of drug-likeness (QED) is 0.404. The number of benzene rings is 1. The Hall–Kier alpha value is -4.26. The van der Waals surface area contributed by atoms with Crippen LogP contribution < -0.4 is 15.4 Å². The molecule has 4 rings (SSSR count). The van der Waals surface area contributed by atoms with E-state index in [-0.39, 0.29) is 5.56 Å². The van der Waals surface area contributed by atoms with Crippen LogP contribution in [0, 0.1) is 5.21 Å². The summed E-state index contributed by atoms with van der Waals surface area (Å²) in [5, 5.41) is 17.3. The van der Waals surface area contributed by atoms with Gasteiger partial charge in [0, 0.05) is 24.1 Å². The lowest BCUT2D eigenvalue weighted by Gasteiger charge is -2.09. The summed E-state index contributed by atoms with van der Waals surface area (Å²) in [4.78, 5) is 20.9. The van der Waals surface area contributed by atoms with Gasteiger partial charge in [0.25, 0.3) is 5.91 Å². The first-order valence-electron chi connectivity index (χ1n) is 8.92. The van der Waals surface area contributed by atoms with Gasteiger partial charge in [-0.1, -0.05) is 18.2 Å². The summed E-state index contributed by atoms with van der Waals surface area (Å²) in [6.07, 6.45) is 5.87. The van der Waals surface area contributed by atoms with E-state index in [9.17, 15) is 10.0 Å². The Labute approximate surface area is 167 Å². The summed E-state index contributed by atoms with van der Waals surface area (Å²) in [7, 11) is 0. The summed E-state index contributed by atoms with van der Waals surface area (Å²) in [5.74, 6) is 0.699. The fourth-order valence-electron chi connectivity index (χ4n) is 2.80. The van der Waals surface area contributed by atoms with Crippen molar-refractivity contribution in [3.8, 4) is 11.1 Å². The van der Waals surface area contributed by atoms with E-state index in [2.05, 4.69) is 20.6 Å². The highest BCUT2D eigenvalue weighted by molar-refractivity contribution is 6.03. The van der Waals surface area contributed by atoms with Gasteiger partial charge in [-0.25, -0.2) is 9.97 Å². The normalized spacial score (nSPS) is 10.3. The molecule has 0 radical (unpaired) electrons. The van der Waals surface area contributed by atoms with E-state index in [0.717, 1.165) is 16.8 Å². The number of hydrogen-bond acceptors (Lipinski definition) is 5. The molecule has 3 aromatic heterocycles. The maximum atomic E-state index is 12.3. The first-order valence-corrected chi connectivity index (χ1v) is 8.92. The van der Waals surface area contributed by atoms with Gasteiger partial charge in [0.1, 0.15) is 17.2 Å². The molecule has 0 unspecified atom stereocenters. The number of rotatable bonds is 5. The van der Waals surface area contributed by atoms with Crippen LogP contribution in [0.25, 0.3) is 11.1 Å². The first kappa shape index (κ1) is 18.1. The van der Waals surface area contributed by atoms with E-state index < -0.39 is 5.91 Å². The second kappa shape index (κ2) is 8.18. The molecule has 0 aliphatic heterocycles. The molecule has 142 valence electrons. The maximum Gasteiger partial charge on any atom is 0.262 e. The fourth-order valence-corrected chi connectivity index (χ4v) is 2.80. The molecule has 0 saturated carbocycles. The molecule has 0 aliphatic carbocycles. The molecule has 0 bridgehead atoms. The summed E-state index contributed by atoms with van der Waals surface area (Å²) in [6, 6.07) is 20.3. The smallest absolute Gasteiger partial charge is 0.262 e. The molecular formula is C22H17N5O2. The van der Waals surface area contributed by atoms with Crippen molar-refractivity contribution in [3.63, 3.8) is 0 Å². The van der Waals surface area contributed by atoms with Gasteiger partial charge >= 0.3 is 0 Å². The number of nitrogens with zero attached hydrogens (tertiary/aromatic N) is 3. The standard InChI is InChI=1S/C22H17N5O2/c28-22(18-5-4-12-27(29)15-18)26-21-14-17(9-11-24-21)16-8-10-23-20(13-16)25-19-6-2-1-3-7-19/h1-15H,(H,23,25)(H,24,26,28). The van der Waals surface area contributed by atoms with Crippen LogP contribution in [-0.2, 0) is 0 Å². The van der Waals surface area contributed by atoms with Gasteiger partial charge in [0.2, 0.25) is 0 Å². The molecule has 2 N–H and O–H groups in total. The van der Waals surface area contributed by atoms with E-state index in [1.54, 1.807) is 24.5 Å². The lowest BCUT2D eigenvalue weighted by molar-refractivity contribution is -0.605. The number of amides is 1. The molecule has 29 heavy (non-hydrogen) atoms. The Morgan fingerprint density at radius 2 is 1.55 bits per heavy atom. The Balaban J connectivity index is 1.54. The Morgan fingerprint density at radius 1 is 0.862 bits per heavy atom. The Kier molecular flexibility index (Phi) is 5.11. The highest BCUT2D eigenvalue weighted by Gasteiger charge is 2.10. The van der Waals surface area contributed by atoms with Gasteiger partial charge in [0.15, 0.2) is 12.4 Å². The minimum absolute atomic E-state index is 0.257. The SMILES string of the molecule is O=C(Nc1cc(-c2ccnc(Nc3ccccc3)c2)ccn1)c1ccc[n+]([O-])c1. The number of carbonyl (C=O) groups excluding carboxylic acids is 1. The highest BCUT2D eigenvalue weighted by Crippen LogP contribution is 2.24. The minimum atomic E-state index is -0.402. The van der Waals surface area contributed by atoms with Gasteiger partial charge in [-0.15, -0.1) is 0 Å². The third kappa shape index (κ3) is 4.54. The molecule has 4 aromatic rings. The molecule has 7 nitrogen and oxygen atoms in total. The first-order chi connectivity index (χ1) is 14.2. The fraction of sp³-hybridized carbons (Fsp3) is 0. The van der Waals surface area contributed by atoms with Crippen LogP contribution in [0.1, 0.15) is 10.4 Å². The lowest BCUT2D eigenvalue weighted by Crippen LogP contribution is -2.27. The zero-order valence-electron chi connectivity index (χ0n) is 15.3. The number of nitrogens with one attached hydrogen (secondary N) is 2. The molecule has 7 heteroatoms. The van der Waals surface area contributed by atoms with Crippen LogP contribution >= 0.6 is 0 Å². The van der Waals surface area contributed by atoms with Crippen LogP contribution in [0.5, 0.6) is 0 Å². The second-order valence-electron chi connectivity index (χ2n) is 6.26. The molecule has 1 amide bonds. The molecule has 0 spiro atoms. The van der Waals surface area contributed by atoms with E-state index in [4.69, 9.17) is 0 Å². The van der Waals surface area contributed by atoms with E-state index >= 15 is 0 Å². The van der Waals surface area contributed by atoms with Crippen molar-refractivity contribution in [2.45, 2.75) is 0 Å². The van der Waals surface area contributed by atoms with E-state index in [1.165, 1.54) is 18.5 Å². The molecule has 0 aliphatic rings. The Morgan fingerprint density at radius 3 is 2.28 bits per heavy atom. The van der Waals surface area contributed by atoms with Gasteiger partial charge in [-0.05, 0) is 53.6 Å². The van der Waals surface area contributed by atoms with Gasteiger partial charge in [-0.3, -0.25) is 4.79 Å². The van der Waals surface area contributed by atoms with Gasteiger partial charge in [-0.2, -0.15) is 4.73 Å². The number of pyridine rings is 3. The highest BCUT2D eigenvalue weighted by atomic mass is 16.5. The van der Waals surface area contributed by atoms with Gasteiger partial charge < -0.3 is 15.8 Å². The second-order valence-corrected chi connectivity index (χ2v) is 6.26. The van der Waals surface area contributed by atoms with Crippen molar-refractivity contribution in [2.75, 3.05) is 10.6 Å². The van der Waals surface area contributed by atoms with Crippen LogP contribution in [0.15, 0.2) is 91.5 Å². The van der Waals surface area contributed by atoms with Crippen molar-refractivity contribution in [1.82, 2.24) is 9.97 Å². The number of hydrogen-bond donors (Lipinski definition) is 2. The molecule has 0 fully saturated rings. The average molecular weight is 383 g/mol. The predicted octanol–water partition coefficient (Wildman–Crippen LogP) is 3.77. The van der Waals surface area contributed by atoms with Crippen molar-refractivity contribution in [1.29, 1.82) is 0 Å².